The lowest BCUT2D eigenvalue weighted by atomic mass is 10.1. The number of nitrogens with two attached hydrogens (primary N) is 1. The molecule has 0 aliphatic heterocycles. The lowest BCUT2D eigenvalue weighted by Gasteiger charge is -2.15. The standard InChI is InChI=1S/C8H15ClN2O3.C2HF3O2/c1-2-3-5(10)7(12)11-6(4-9)8(13)14;3-2(4,5)1(6)7/h5-6H,2-4,10H2,1H3,(H,11,12)(H,13,14);(H,6,7)/t5-,6-;/m0./s1. The van der Waals surface area contributed by atoms with Crippen LogP contribution in [-0.2, 0) is 14.4 Å². The molecule has 124 valence electrons. The zero-order valence-electron chi connectivity index (χ0n) is 11.0. The molecule has 0 fully saturated rings. The normalized spacial score (nSPS) is 13.4. The van der Waals surface area contributed by atoms with Crippen LogP contribution in [0, 0.1) is 0 Å². The molecule has 0 unspecified atom stereocenters. The van der Waals surface area contributed by atoms with Crippen LogP contribution in [0.4, 0.5) is 13.2 Å². The van der Waals surface area contributed by atoms with Crippen molar-refractivity contribution >= 4 is 29.4 Å². The fraction of sp³-hybridized carbons (Fsp3) is 0.700. The average molecular weight is 337 g/mol. The summed E-state index contributed by atoms with van der Waals surface area (Å²) < 4.78 is 31.7. The molecule has 0 spiro atoms. The largest absolute Gasteiger partial charge is 0.490 e. The van der Waals surface area contributed by atoms with E-state index < -0.39 is 36.1 Å². The molecule has 0 aromatic rings. The molecule has 1 amide bonds. The fourth-order valence-electron chi connectivity index (χ4n) is 0.887. The molecular weight excluding hydrogens is 321 g/mol. The molecule has 0 heterocycles. The lowest BCUT2D eigenvalue weighted by molar-refractivity contribution is -0.192. The van der Waals surface area contributed by atoms with Gasteiger partial charge in [-0.1, -0.05) is 13.3 Å². The third-order valence-electron chi connectivity index (χ3n) is 1.95. The summed E-state index contributed by atoms with van der Waals surface area (Å²) in [6.07, 6.45) is -3.78. The molecule has 0 radical (unpaired) electrons. The summed E-state index contributed by atoms with van der Waals surface area (Å²) in [7, 11) is 0. The van der Waals surface area contributed by atoms with E-state index in [4.69, 9.17) is 32.3 Å². The van der Waals surface area contributed by atoms with Gasteiger partial charge in [-0.3, -0.25) is 4.79 Å². The summed E-state index contributed by atoms with van der Waals surface area (Å²) in [5.74, 6) is -4.55. The van der Waals surface area contributed by atoms with Crippen molar-refractivity contribution in [2.75, 3.05) is 5.88 Å². The van der Waals surface area contributed by atoms with Crippen molar-refractivity contribution in [3.63, 3.8) is 0 Å². The zero-order valence-corrected chi connectivity index (χ0v) is 11.7. The van der Waals surface area contributed by atoms with Gasteiger partial charge in [-0.05, 0) is 6.42 Å². The maximum absolute atomic E-state index is 11.2. The van der Waals surface area contributed by atoms with E-state index in [-0.39, 0.29) is 5.88 Å². The van der Waals surface area contributed by atoms with Crippen molar-refractivity contribution in [1.29, 1.82) is 0 Å². The van der Waals surface area contributed by atoms with E-state index in [2.05, 4.69) is 5.32 Å². The Bertz CT molecular complexity index is 365. The summed E-state index contributed by atoms with van der Waals surface area (Å²) in [6, 6.07) is -1.72. The Kier molecular flexibility index (Phi) is 10.6. The van der Waals surface area contributed by atoms with Gasteiger partial charge in [0, 0.05) is 0 Å². The maximum atomic E-state index is 11.2. The summed E-state index contributed by atoms with van der Waals surface area (Å²) >= 11 is 5.35. The molecule has 0 aromatic carbocycles. The number of amides is 1. The van der Waals surface area contributed by atoms with Gasteiger partial charge < -0.3 is 21.3 Å². The maximum Gasteiger partial charge on any atom is 0.490 e. The highest BCUT2D eigenvalue weighted by molar-refractivity contribution is 6.19. The quantitative estimate of drug-likeness (QED) is 0.524. The molecule has 0 aliphatic carbocycles. The Balaban J connectivity index is 0. The summed E-state index contributed by atoms with van der Waals surface area (Å²) in [5.41, 5.74) is 5.48. The number of carbonyl (C=O) groups is 3. The van der Waals surface area contributed by atoms with Gasteiger partial charge in [-0.15, -0.1) is 11.6 Å². The lowest BCUT2D eigenvalue weighted by Crippen LogP contribution is -2.49. The molecule has 0 aliphatic rings. The van der Waals surface area contributed by atoms with Crippen molar-refractivity contribution < 1.29 is 37.8 Å². The van der Waals surface area contributed by atoms with Gasteiger partial charge in [0.15, 0.2) is 0 Å². The predicted octanol–water partition coefficient (Wildman–Crippen LogP) is 0.555. The smallest absolute Gasteiger partial charge is 0.480 e. The number of halogens is 4. The number of alkyl halides is 4. The molecule has 0 saturated heterocycles. The summed E-state index contributed by atoms with van der Waals surface area (Å²) in [5, 5.41) is 18.0. The average Bonchev–Trinajstić information content (AvgIpc) is 2.34. The number of hydrogen-bond acceptors (Lipinski definition) is 4. The highest BCUT2D eigenvalue weighted by Crippen LogP contribution is 2.13. The second-order valence-corrected chi connectivity index (χ2v) is 4.06. The van der Waals surface area contributed by atoms with E-state index in [1.807, 2.05) is 6.92 Å². The van der Waals surface area contributed by atoms with E-state index in [1.54, 1.807) is 0 Å². The van der Waals surface area contributed by atoms with Crippen LogP contribution < -0.4 is 11.1 Å². The van der Waals surface area contributed by atoms with Crippen molar-refractivity contribution in [1.82, 2.24) is 5.32 Å². The SMILES string of the molecule is CCC[C@H](N)C(=O)N[C@@H](CCl)C(=O)O.O=C(O)C(F)(F)F. The molecule has 0 bridgehead atoms. The second-order valence-electron chi connectivity index (χ2n) is 3.75. The molecule has 2 atom stereocenters. The van der Waals surface area contributed by atoms with Crippen LogP contribution in [0.2, 0.25) is 0 Å². The third-order valence-corrected chi connectivity index (χ3v) is 2.26. The monoisotopic (exact) mass is 336 g/mol. The van der Waals surface area contributed by atoms with Gasteiger partial charge in [-0.25, -0.2) is 9.59 Å². The van der Waals surface area contributed by atoms with E-state index in [1.165, 1.54) is 0 Å². The topological polar surface area (TPSA) is 130 Å². The molecule has 11 heteroatoms. The van der Waals surface area contributed by atoms with E-state index in [9.17, 15) is 22.8 Å². The Morgan fingerprint density at radius 1 is 1.29 bits per heavy atom. The first-order chi connectivity index (χ1) is 9.47. The summed E-state index contributed by atoms with van der Waals surface area (Å²) in [4.78, 5) is 30.7. The van der Waals surface area contributed by atoms with Crippen LogP contribution in [0.15, 0.2) is 0 Å². The first-order valence-corrected chi connectivity index (χ1v) is 6.15. The molecule has 21 heavy (non-hydrogen) atoms. The van der Waals surface area contributed by atoms with Crippen LogP contribution >= 0.6 is 11.6 Å². The molecule has 7 nitrogen and oxygen atoms in total. The van der Waals surface area contributed by atoms with Crippen LogP contribution in [0.1, 0.15) is 19.8 Å². The third kappa shape index (κ3) is 10.9. The minimum absolute atomic E-state index is 0.167. The predicted molar refractivity (Wildman–Crippen MR) is 66.9 cm³/mol. The van der Waals surface area contributed by atoms with Gasteiger partial charge in [0.2, 0.25) is 5.91 Å². The minimum Gasteiger partial charge on any atom is -0.480 e. The van der Waals surface area contributed by atoms with E-state index in [0.29, 0.717) is 6.42 Å². The van der Waals surface area contributed by atoms with Gasteiger partial charge in [0.1, 0.15) is 6.04 Å². The first kappa shape index (κ1) is 21.7. The van der Waals surface area contributed by atoms with Crippen molar-refractivity contribution in [2.24, 2.45) is 5.73 Å². The number of rotatable bonds is 6. The Hall–Kier alpha value is -1.55. The second kappa shape index (κ2) is 10.2. The van der Waals surface area contributed by atoms with Crippen LogP contribution in [0.25, 0.3) is 0 Å². The number of carboxylic acids is 2. The van der Waals surface area contributed by atoms with Crippen LogP contribution in [-0.4, -0.2) is 52.2 Å². The van der Waals surface area contributed by atoms with Crippen LogP contribution in [0.5, 0.6) is 0 Å². The number of hydrogen-bond donors (Lipinski definition) is 4. The Labute approximate surface area is 123 Å². The number of carbonyl (C=O) groups excluding carboxylic acids is 1. The van der Waals surface area contributed by atoms with E-state index in [0.717, 1.165) is 6.42 Å². The van der Waals surface area contributed by atoms with Crippen molar-refractivity contribution in [3.05, 3.63) is 0 Å². The Morgan fingerprint density at radius 2 is 1.71 bits per heavy atom. The van der Waals surface area contributed by atoms with Gasteiger partial charge in [0.05, 0.1) is 11.9 Å². The summed E-state index contributed by atoms with van der Waals surface area (Å²) in [6.45, 7) is 1.89. The molecular formula is C10H16ClF3N2O5. The zero-order chi connectivity index (χ0) is 17.2. The van der Waals surface area contributed by atoms with Gasteiger partial charge >= 0.3 is 18.1 Å². The van der Waals surface area contributed by atoms with Crippen molar-refractivity contribution in [2.45, 2.75) is 38.0 Å². The van der Waals surface area contributed by atoms with Crippen LogP contribution in [0.3, 0.4) is 0 Å². The minimum atomic E-state index is -5.08. The highest BCUT2D eigenvalue weighted by atomic mass is 35.5. The molecule has 0 rings (SSSR count). The van der Waals surface area contributed by atoms with Crippen molar-refractivity contribution in [3.8, 4) is 0 Å². The molecule has 0 saturated carbocycles. The van der Waals surface area contributed by atoms with E-state index >= 15 is 0 Å². The molecule has 5 N–H and O–H groups in total. The molecule has 0 aromatic heterocycles. The Morgan fingerprint density at radius 3 is 1.95 bits per heavy atom. The number of nitrogens with one attached hydrogen (secondary N) is 1. The number of carboxylic acid groups (broad SMARTS) is 2. The van der Waals surface area contributed by atoms with Gasteiger partial charge in [0.25, 0.3) is 0 Å². The number of aliphatic carboxylic acids is 2. The highest BCUT2D eigenvalue weighted by Gasteiger charge is 2.38. The van der Waals surface area contributed by atoms with Gasteiger partial charge in [-0.2, -0.15) is 13.2 Å². The first-order valence-electron chi connectivity index (χ1n) is 5.62. The fourth-order valence-corrected chi connectivity index (χ4v) is 1.10.